The van der Waals surface area contributed by atoms with Gasteiger partial charge in [-0.05, 0) is 56.4 Å². The molecule has 0 spiro atoms. The standard InChI is InChI=1S/C20H32N2O4S/c1-5-6-7-10-21-20(23)17-8-11-22(12-9-17)27(24,25)19-14-15(2)18(26-4)13-16(19)3/h13-14,17H,5-12H2,1-4H3,(H,21,23). The van der Waals surface area contributed by atoms with Crippen LogP contribution in [-0.4, -0.2) is 45.4 Å². The molecule has 0 atom stereocenters. The highest BCUT2D eigenvalue weighted by molar-refractivity contribution is 7.89. The van der Waals surface area contributed by atoms with Gasteiger partial charge in [-0.1, -0.05) is 19.8 Å². The van der Waals surface area contributed by atoms with E-state index < -0.39 is 10.0 Å². The van der Waals surface area contributed by atoms with Crippen molar-refractivity contribution in [1.82, 2.24) is 9.62 Å². The SMILES string of the molecule is CCCCCNC(=O)C1CCN(S(=O)(=O)c2cc(C)c(OC)cc2C)CC1. The van der Waals surface area contributed by atoms with E-state index >= 15 is 0 Å². The number of amides is 1. The highest BCUT2D eigenvalue weighted by Crippen LogP contribution is 2.30. The predicted octanol–water partition coefficient (Wildman–Crippen LogP) is 3.02. The molecule has 152 valence electrons. The Morgan fingerprint density at radius 1 is 1.19 bits per heavy atom. The second-order valence-electron chi connectivity index (χ2n) is 7.26. The van der Waals surface area contributed by atoms with E-state index in [0.29, 0.717) is 48.7 Å². The first-order chi connectivity index (χ1) is 12.8. The highest BCUT2D eigenvalue weighted by atomic mass is 32.2. The fraction of sp³-hybridized carbons (Fsp3) is 0.650. The zero-order valence-electron chi connectivity index (χ0n) is 16.9. The van der Waals surface area contributed by atoms with E-state index in [1.807, 2.05) is 6.92 Å². The maximum Gasteiger partial charge on any atom is 0.243 e. The third kappa shape index (κ3) is 5.23. The Labute approximate surface area is 163 Å². The largest absolute Gasteiger partial charge is 0.496 e. The molecule has 0 radical (unpaired) electrons. The van der Waals surface area contributed by atoms with Gasteiger partial charge in [0.2, 0.25) is 15.9 Å². The molecule has 1 saturated heterocycles. The van der Waals surface area contributed by atoms with E-state index in [-0.39, 0.29) is 11.8 Å². The summed E-state index contributed by atoms with van der Waals surface area (Å²) < 4.78 is 32.9. The quantitative estimate of drug-likeness (QED) is 0.686. The van der Waals surface area contributed by atoms with Crippen LogP contribution in [0.2, 0.25) is 0 Å². The van der Waals surface area contributed by atoms with Crippen molar-refractivity contribution in [2.45, 2.75) is 57.8 Å². The summed E-state index contributed by atoms with van der Waals surface area (Å²) >= 11 is 0. The number of methoxy groups -OCH3 is 1. The van der Waals surface area contributed by atoms with E-state index in [0.717, 1.165) is 24.8 Å². The van der Waals surface area contributed by atoms with Crippen molar-refractivity contribution in [1.29, 1.82) is 0 Å². The number of nitrogens with zero attached hydrogens (tertiary/aromatic N) is 1. The van der Waals surface area contributed by atoms with Crippen LogP contribution < -0.4 is 10.1 Å². The van der Waals surface area contributed by atoms with Gasteiger partial charge in [0.15, 0.2) is 0 Å². The molecule has 6 nitrogen and oxygen atoms in total. The van der Waals surface area contributed by atoms with E-state index in [1.165, 1.54) is 4.31 Å². The van der Waals surface area contributed by atoms with Crippen LogP contribution in [0.15, 0.2) is 17.0 Å². The summed E-state index contributed by atoms with van der Waals surface area (Å²) in [4.78, 5) is 12.6. The normalized spacial score (nSPS) is 16.3. The first-order valence-corrected chi connectivity index (χ1v) is 11.2. The van der Waals surface area contributed by atoms with Crippen molar-refractivity contribution in [3.8, 4) is 5.75 Å². The number of carbonyl (C=O) groups excluding carboxylic acids is 1. The Balaban J connectivity index is 2.00. The van der Waals surface area contributed by atoms with Gasteiger partial charge in [-0.25, -0.2) is 8.42 Å². The number of ether oxygens (including phenoxy) is 1. The monoisotopic (exact) mass is 396 g/mol. The molecule has 27 heavy (non-hydrogen) atoms. The molecule has 7 heteroatoms. The summed E-state index contributed by atoms with van der Waals surface area (Å²) in [6.45, 7) is 7.21. The number of benzene rings is 1. The molecule has 1 fully saturated rings. The Morgan fingerprint density at radius 3 is 2.44 bits per heavy atom. The molecule has 1 aliphatic rings. The lowest BCUT2D eigenvalue weighted by Gasteiger charge is -2.31. The Morgan fingerprint density at radius 2 is 1.85 bits per heavy atom. The second kappa shape index (κ2) is 9.55. The molecule has 0 aliphatic carbocycles. The van der Waals surface area contributed by atoms with E-state index in [9.17, 15) is 13.2 Å². The molecule has 0 bridgehead atoms. The number of rotatable bonds is 8. The minimum Gasteiger partial charge on any atom is -0.496 e. The summed E-state index contributed by atoms with van der Waals surface area (Å²) in [5.41, 5.74) is 1.47. The van der Waals surface area contributed by atoms with Gasteiger partial charge in [0, 0.05) is 25.6 Å². The predicted molar refractivity (Wildman–Crippen MR) is 106 cm³/mol. The Hall–Kier alpha value is -1.60. The molecule has 1 aromatic carbocycles. The zero-order valence-corrected chi connectivity index (χ0v) is 17.7. The molecule has 0 aromatic heterocycles. The molecule has 1 N–H and O–H groups in total. The molecule has 1 amide bonds. The Bertz CT molecular complexity index is 753. The smallest absolute Gasteiger partial charge is 0.243 e. The molecule has 1 aromatic rings. The van der Waals surface area contributed by atoms with Crippen LogP contribution in [0.5, 0.6) is 5.75 Å². The molecule has 1 heterocycles. The van der Waals surface area contributed by atoms with Crippen LogP contribution in [0.3, 0.4) is 0 Å². The van der Waals surface area contributed by atoms with Gasteiger partial charge in [0.25, 0.3) is 0 Å². The van der Waals surface area contributed by atoms with E-state index in [4.69, 9.17) is 4.74 Å². The lowest BCUT2D eigenvalue weighted by atomic mass is 9.97. The molecule has 0 unspecified atom stereocenters. The number of hydrogen-bond acceptors (Lipinski definition) is 4. The third-order valence-corrected chi connectivity index (χ3v) is 7.26. The number of carbonyl (C=O) groups is 1. The fourth-order valence-corrected chi connectivity index (χ4v) is 5.25. The van der Waals surface area contributed by atoms with Gasteiger partial charge in [0.1, 0.15) is 5.75 Å². The number of hydrogen-bond donors (Lipinski definition) is 1. The lowest BCUT2D eigenvalue weighted by Crippen LogP contribution is -2.43. The van der Waals surface area contributed by atoms with Gasteiger partial charge in [-0.3, -0.25) is 4.79 Å². The molecule has 2 rings (SSSR count). The number of nitrogens with one attached hydrogen (secondary N) is 1. The summed E-state index contributed by atoms with van der Waals surface area (Å²) in [6, 6.07) is 3.44. The number of aryl methyl sites for hydroxylation is 2. The average Bonchev–Trinajstić information content (AvgIpc) is 2.66. The van der Waals surface area contributed by atoms with Gasteiger partial charge in [-0.15, -0.1) is 0 Å². The van der Waals surface area contributed by atoms with Gasteiger partial charge in [-0.2, -0.15) is 4.31 Å². The van der Waals surface area contributed by atoms with E-state index in [1.54, 1.807) is 26.2 Å². The van der Waals surface area contributed by atoms with Crippen molar-refractivity contribution in [2.75, 3.05) is 26.7 Å². The second-order valence-corrected chi connectivity index (χ2v) is 9.17. The van der Waals surface area contributed by atoms with Crippen LogP contribution in [0, 0.1) is 19.8 Å². The Kier molecular flexibility index (Phi) is 7.68. The highest BCUT2D eigenvalue weighted by Gasteiger charge is 2.33. The topological polar surface area (TPSA) is 75.7 Å². The lowest BCUT2D eigenvalue weighted by molar-refractivity contribution is -0.126. The molecular formula is C20H32N2O4S. The third-order valence-electron chi connectivity index (χ3n) is 5.21. The average molecular weight is 397 g/mol. The molecule has 1 aliphatic heterocycles. The molecular weight excluding hydrogens is 364 g/mol. The first kappa shape index (κ1) is 21.7. The number of unbranched alkanes of at least 4 members (excludes halogenated alkanes) is 2. The van der Waals surface area contributed by atoms with Crippen LogP contribution in [0.1, 0.15) is 50.2 Å². The van der Waals surface area contributed by atoms with Crippen LogP contribution >= 0.6 is 0 Å². The van der Waals surface area contributed by atoms with Crippen molar-refractivity contribution in [2.24, 2.45) is 5.92 Å². The van der Waals surface area contributed by atoms with Crippen molar-refractivity contribution in [3.63, 3.8) is 0 Å². The van der Waals surface area contributed by atoms with Crippen LogP contribution in [-0.2, 0) is 14.8 Å². The summed E-state index contributed by atoms with van der Waals surface area (Å²) in [6.07, 6.45) is 4.35. The zero-order chi connectivity index (χ0) is 20.0. The molecule has 0 saturated carbocycles. The maximum atomic E-state index is 13.1. The maximum absolute atomic E-state index is 13.1. The fourth-order valence-electron chi connectivity index (χ4n) is 3.49. The van der Waals surface area contributed by atoms with Crippen LogP contribution in [0.25, 0.3) is 0 Å². The first-order valence-electron chi connectivity index (χ1n) is 9.74. The summed E-state index contributed by atoms with van der Waals surface area (Å²) in [5.74, 6) is 0.640. The summed E-state index contributed by atoms with van der Waals surface area (Å²) in [7, 11) is -1.99. The number of piperidine rings is 1. The van der Waals surface area contributed by atoms with Gasteiger partial charge >= 0.3 is 0 Å². The summed E-state index contributed by atoms with van der Waals surface area (Å²) in [5, 5.41) is 2.98. The van der Waals surface area contributed by atoms with Crippen LogP contribution in [0.4, 0.5) is 0 Å². The number of sulfonamides is 1. The van der Waals surface area contributed by atoms with Gasteiger partial charge in [0.05, 0.1) is 12.0 Å². The minimum absolute atomic E-state index is 0.0552. The van der Waals surface area contributed by atoms with Crippen molar-refractivity contribution < 1.29 is 17.9 Å². The van der Waals surface area contributed by atoms with Gasteiger partial charge < -0.3 is 10.1 Å². The van der Waals surface area contributed by atoms with Crippen molar-refractivity contribution >= 4 is 15.9 Å². The minimum atomic E-state index is -3.57. The van der Waals surface area contributed by atoms with Crippen molar-refractivity contribution in [3.05, 3.63) is 23.3 Å². The van der Waals surface area contributed by atoms with E-state index in [2.05, 4.69) is 12.2 Å².